The largest absolute Gasteiger partial charge is 0.418 e. The molecule has 0 N–H and O–H groups in total. The highest BCUT2D eigenvalue weighted by Crippen LogP contribution is 2.54. The van der Waals surface area contributed by atoms with E-state index >= 15 is 13.2 Å². The predicted octanol–water partition coefficient (Wildman–Crippen LogP) is 19.9. The first kappa shape index (κ1) is 50.2. The summed E-state index contributed by atoms with van der Waals surface area (Å²) in [6, 6.07) is 55.5. The van der Waals surface area contributed by atoms with Gasteiger partial charge in [-0.15, -0.1) is 0 Å². The van der Waals surface area contributed by atoms with E-state index in [0.717, 1.165) is 106 Å². The number of aryl methyl sites for hydroxylation is 8. The maximum atomic E-state index is 15.6. The fourth-order valence-corrected chi connectivity index (χ4v) is 12.6. The maximum Gasteiger partial charge on any atom is 0.418 e. The number of alkyl halides is 3. The molecule has 0 saturated heterocycles. The van der Waals surface area contributed by atoms with Gasteiger partial charge in [0.15, 0.2) is 0 Å². The summed E-state index contributed by atoms with van der Waals surface area (Å²) in [6.45, 7) is 17.1. The Labute approximate surface area is 457 Å². The van der Waals surface area contributed by atoms with Crippen molar-refractivity contribution in [3.05, 3.63) is 296 Å². The van der Waals surface area contributed by atoms with Crippen molar-refractivity contribution in [3.63, 3.8) is 0 Å². The molecule has 384 valence electrons. The number of benzene rings is 8. The lowest BCUT2D eigenvalue weighted by Crippen LogP contribution is -2.38. The number of para-hydroxylation sites is 2. The van der Waals surface area contributed by atoms with Crippen molar-refractivity contribution in [2.45, 2.75) is 67.6 Å². The van der Waals surface area contributed by atoms with Crippen LogP contribution in [0.3, 0.4) is 0 Å². The van der Waals surface area contributed by atoms with E-state index < -0.39 is 17.8 Å². The highest BCUT2D eigenvalue weighted by atomic mass is 19.4. The molecule has 0 fully saturated rings. The molecule has 0 heterocycles. The van der Waals surface area contributed by atoms with E-state index in [2.05, 4.69) is 236 Å². The molecule has 0 aromatic heterocycles. The third-order valence-corrected chi connectivity index (χ3v) is 15.8. The number of rotatable bonds is 10. The molecule has 8 aromatic carbocycles. The molecule has 2 unspecified atom stereocenters. The molecule has 0 amide bonds. The van der Waals surface area contributed by atoms with Gasteiger partial charge in [0.1, 0.15) is 0 Å². The monoisotopic (exact) mass is 1020 g/mol. The van der Waals surface area contributed by atoms with E-state index in [-0.39, 0.29) is 11.6 Å². The lowest BCUT2D eigenvalue weighted by atomic mass is 9.67. The summed E-state index contributed by atoms with van der Waals surface area (Å²) >= 11 is 0. The molecule has 0 radical (unpaired) electrons. The summed E-state index contributed by atoms with van der Waals surface area (Å²) in [5.41, 5.74) is 26.3. The third kappa shape index (κ3) is 9.21. The van der Waals surface area contributed by atoms with Gasteiger partial charge >= 0.3 is 6.18 Å². The standard InChI is InChI=1S/C73H61F3N2/c1-44-14-13-16-56(35-44)62-42-54(57-36-45(2)32-46(3)37-57)24-30-68(62)78(70-19-12-10-17-64(70)73(74,75)76)67-29-23-53-20-26-60-66(28-22-52-21-27-61(67)72(53)71(52)60)77(65-18-11-9-15-51(65)8)69-31-25-55(58-38-47(4)33-48(5)39-58)43-63(69)59-40-49(6)34-50(7)41-59/h9-43,67,71H,1-8H3. The lowest BCUT2D eigenvalue weighted by molar-refractivity contribution is -0.137. The van der Waals surface area contributed by atoms with Crippen molar-refractivity contribution in [1.29, 1.82) is 0 Å². The minimum atomic E-state index is -4.63. The van der Waals surface area contributed by atoms with Crippen molar-refractivity contribution in [1.82, 2.24) is 0 Å². The first-order valence-electron chi connectivity index (χ1n) is 26.9. The molecule has 2 atom stereocenters. The van der Waals surface area contributed by atoms with E-state index in [0.29, 0.717) is 5.69 Å². The second kappa shape index (κ2) is 19.7. The van der Waals surface area contributed by atoms with Crippen LogP contribution in [0.4, 0.5) is 35.9 Å². The van der Waals surface area contributed by atoms with E-state index in [1.807, 2.05) is 17.0 Å². The van der Waals surface area contributed by atoms with E-state index in [1.54, 1.807) is 12.1 Å². The summed E-state index contributed by atoms with van der Waals surface area (Å²) in [7, 11) is 0. The van der Waals surface area contributed by atoms with Crippen LogP contribution in [0, 0.1) is 61.3 Å². The van der Waals surface area contributed by atoms with Gasteiger partial charge in [-0.25, -0.2) is 0 Å². The molecule has 0 spiro atoms. The smallest absolute Gasteiger partial charge is 0.329 e. The van der Waals surface area contributed by atoms with Crippen molar-refractivity contribution in [2.75, 3.05) is 9.80 Å². The van der Waals surface area contributed by atoms with Crippen LogP contribution < -0.4 is 9.80 Å². The fourth-order valence-electron chi connectivity index (χ4n) is 12.6. The molecule has 12 rings (SSSR count). The normalized spacial score (nSPS) is 16.3. The molecule has 4 aliphatic rings. The predicted molar refractivity (Wildman–Crippen MR) is 320 cm³/mol. The van der Waals surface area contributed by atoms with Crippen LogP contribution in [0.5, 0.6) is 0 Å². The van der Waals surface area contributed by atoms with Crippen LogP contribution in [0.2, 0.25) is 0 Å². The Hall–Kier alpha value is -8.67. The second-order valence-electron chi connectivity index (χ2n) is 21.9. The van der Waals surface area contributed by atoms with Crippen LogP contribution in [0.15, 0.2) is 246 Å². The van der Waals surface area contributed by atoms with Gasteiger partial charge in [-0.1, -0.05) is 203 Å². The fraction of sp³-hybridized carbons (Fsp3) is 0.151. The molecule has 0 aliphatic heterocycles. The van der Waals surface area contributed by atoms with Gasteiger partial charge in [-0.2, -0.15) is 13.2 Å². The topological polar surface area (TPSA) is 6.48 Å². The number of hydrogen-bond acceptors (Lipinski definition) is 2. The number of allylic oxidation sites excluding steroid dienone is 10. The molecule has 4 aliphatic carbocycles. The van der Waals surface area contributed by atoms with Crippen LogP contribution in [-0.2, 0) is 6.18 Å². The number of halogens is 3. The Morgan fingerprint density at radius 3 is 1.59 bits per heavy atom. The lowest BCUT2D eigenvalue weighted by Gasteiger charge is -2.44. The summed E-state index contributed by atoms with van der Waals surface area (Å²) in [4.78, 5) is 4.39. The van der Waals surface area contributed by atoms with Crippen molar-refractivity contribution >= 4 is 22.7 Å². The van der Waals surface area contributed by atoms with Gasteiger partial charge in [-0.05, 0) is 171 Å². The highest BCUT2D eigenvalue weighted by molar-refractivity contribution is 5.92. The molecule has 0 bridgehead atoms. The average molecular weight is 1020 g/mol. The van der Waals surface area contributed by atoms with Crippen LogP contribution in [-0.4, -0.2) is 6.04 Å². The summed E-state index contributed by atoms with van der Waals surface area (Å²) < 4.78 is 46.9. The molecule has 78 heavy (non-hydrogen) atoms. The number of hydrogen-bond donors (Lipinski definition) is 0. The summed E-state index contributed by atoms with van der Waals surface area (Å²) in [5.74, 6) is -0.203. The Kier molecular flexibility index (Phi) is 12.7. The minimum Gasteiger partial charge on any atom is -0.329 e. The summed E-state index contributed by atoms with van der Waals surface area (Å²) in [5, 5.41) is 0. The molecule has 5 heteroatoms. The van der Waals surface area contributed by atoms with Crippen LogP contribution in [0.1, 0.15) is 50.1 Å². The van der Waals surface area contributed by atoms with E-state index in [4.69, 9.17) is 0 Å². The van der Waals surface area contributed by atoms with Crippen LogP contribution >= 0.6 is 0 Å². The molecular formula is C73H61F3N2. The third-order valence-electron chi connectivity index (χ3n) is 15.8. The molecule has 0 saturated carbocycles. The summed E-state index contributed by atoms with van der Waals surface area (Å²) in [6.07, 6.45) is 12.9. The quantitative estimate of drug-likeness (QED) is 0.135. The number of nitrogens with zero attached hydrogens (tertiary/aromatic N) is 2. The molecule has 2 nitrogen and oxygen atoms in total. The SMILES string of the molecule is Cc1cc(C)cc(-c2ccc(N(C3=C4C=CC5=C6C(=CC=C(C=C3)C46)C(N(c3ccc(-c4cc(C)cc(C)c4)cc3-c3cccc(C)c3)c3ccccc3C(F)(F)F)C=C5)c3ccccc3C)c(-c3cc(C)cc(C)c3)c2)c1. The van der Waals surface area contributed by atoms with E-state index in [9.17, 15) is 0 Å². The maximum absolute atomic E-state index is 15.6. The van der Waals surface area contributed by atoms with Crippen molar-refractivity contribution in [3.8, 4) is 44.5 Å². The second-order valence-corrected chi connectivity index (χ2v) is 21.9. The van der Waals surface area contributed by atoms with E-state index in [1.165, 1.54) is 39.9 Å². The zero-order valence-electron chi connectivity index (χ0n) is 45.4. The Bertz CT molecular complexity index is 3960. The van der Waals surface area contributed by atoms with Crippen molar-refractivity contribution < 1.29 is 13.2 Å². The Balaban J connectivity index is 1.05. The van der Waals surface area contributed by atoms with Crippen molar-refractivity contribution in [2.24, 2.45) is 5.92 Å². The van der Waals surface area contributed by atoms with Crippen LogP contribution in [0.25, 0.3) is 44.5 Å². The van der Waals surface area contributed by atoms with Gasteiger partial charge < -0.3 is 9.80 Å². The molecular weight excluding hydrogens is 962 g/mol. The zero-order valence-corrected chi connectivity index (χ0v) is 45.4. The Morgan fingerprint density at radius 1 is 0.410 bits per heavy atom. The molecule has 8 aromatic rings. The van der Waals surface area contributed by atoms with Gasteiger partial charge in [-0.3, -0.25) is 0 Å². The zero-order chi connectivity index (χ0) is 54.1. The Morgan fingerprint density at radius 2 is 0.974 bits per heavy atom. The minimum absolute atomic E-state index is 0.0905. The van der Waals surface area contributed by atoms with Gasteiger partial charge in [0, 0.05) is 28.4 Å². The van der Waals surface area contributed by atoms with Gasteiger partial charge in [0.25, 0.3) is 0 Å². The number of anilines is 4. The van der Waals surface area contributed by atoms with Gasteiger partial charge in [0.2, 0.25) is 0 Å². The highest BCUT2D eigenvalue weighted by Gasteiger charge is 2.43. The first-order valence-corrected chi connectivity index (χ1v) is 26.9. The first-order chi connectivity index (χ1) is 37.6. The van der Waals surface area contributed by atoms with Gasteiger partial charge in [0.05, 0.1) is 28.7 Å². The average Bonchev–Trinajstić information content (AvgIpc) is 3.61.